The minimum Gasteiger partial charge on any atom is -0.400 e. The number of ether oxygens (including phenoxy) is 2. The molecule has 4 rings (SSSR count). The third kappa shape index (κ3) is 4.59. The molecule has 2 aromatic carbocycles. The molecule has 0 aromatic heterocycles. The van der Waals surface area contributed by atoms with E-state index < -0.39 is 32.2 Å². The van der Waals surface area contributed by atoms with Crippen LogP contribution in [0.25, 0.3) is 0 Å². The summed E-state index contributed by atoms with van der Waals surface area (Å²) in [6.45, 7) is 20.4. The maximum atomic E-state index is 6.44. The highest BCUT2D eigenvalue weighted by molar-refractivity contribution is 7.02. The van der Waals surface area contributed by atoms with Crippen LogP contribution in [0.3, 0.4) is 0 Å². The molecule has 2 heterocycles. The van der Waals surface area contributed by atoms with Crippen molar-refractivity contribution in [2.45, 2.75) is 70.6 Å². The SMILES string of the molecule is C=C(B1OC(C)(C)C(C)(C)O1)[C@@H]1COC(C)(C)OC[C@@H]1[Si](C)(c1ccccc1)c1ccccc1. The van der Waals surface area contributed by atoms with Crippen LogP contribution < -0.4 is 10.4 Å². The molecule has 0 saturated carbocycles. The Balaban J connectivity index is 1.80. The van der Waals surface area contributed by atoms with Gasteiger partial charge in [-0.3, -0.25) is 0 Å². The fourth-order valence-electron chi connectivity index (χ4n) is 5.12. The van der Waals surface area contributed by atoms with Gasteiger partial charge in [-0.2, -0.15) is 0 Å². The topological polar surface area (TPSA) is 36.9 Å². The van der Waals surface area contributed by atoms with Crippen LogP contribution in [0.4, 0.5) is 0 Å². The molecule has 0 N–H and O–H groups in total. The molecule has 2 aliphatic rings. The molecule has 2 atom stereocenters. The van der Waals surface area contributed by atoms with Gasteiger partial charge < -0.3 is 18.8 Å². The quantitative estimate of drug-likeness (QED) is 0.577. The van der Waals surface area contributed by atoms with Crippen LogP contribution in [-0.4, -0.2) is 45.4 Å². The number of hydrogen-bond donors (Lipinski definition) is 0. The van der Waals surface area contributed by atoms with Crippen LogP contribution in [0.2, 0.25) is 12.1 Å². The lowest BCUT2D eigenvalue weighted by Crippen LogP contribution is -2.62. The van der Waals surface area contributed by atoms with E-state index in [1.807, 2.05) is 13.8 Å². The first kappa shape index (κ1) is 25.4. The predicted octanol–water partition coefficient (Wildman–Crippen LogP) is 4.84. The molecule has 34 heavy (non-hydrogen) atoms. The van der Waals surface area contributed by atoms with Gasteiger partial charge in [0.1, 0.15) is 8.07 Å². The van der Waals surface area contributed by atoms with E-state index in [4.69, 9.17) is 18.8 Å². The Morgan fingerprint density at radius 1 is 0.794 bits per heavy atom. The zero-order valence-electron chi connectivity index (χ0n) is 21.8. The Bertz CT molecular complexity index is 950. The van der Waals surface area contributed by atoms with E-state index in [0.717, 1.165) is 5.47 Å². The van der Waals surface area contributed by atoms with Crippen molar-refractivity contribution in [3.63, 3.8) is 0 Å². The average molecular weight is 479 g/mol. The first-order valence-electron chi connectivity index (χ1n) is 12.3. The van der Waals surface area contributed by atoms with E-state index in [-0.39, 0.29) is 11.5 Å². The van der Waals surface area contributed by atoms with Crippen molar-refractivity contribution >= 4 is 25.6 Å². The van der Waals surface area contributed by atoms with Crippen LogP contribution in [0.5, 0.6) is 0 Å². The Morgan fingerprint density at radius 3 is 1.71 bits per heavy atom. The van der Waals surface area contributed by atoms with Crippen molar-refractivity contribution in [1.29, 1.82) is 0 Å². The highest BCUT2D eigenvalue weighted by atomic mass is 28.3. The van der Waals surface area contributed by atoms with E-state index in [9.17, 15) is 0 Å². The number of benzene rings is 2. The van der Waals surface area contributed by atoms with Gasteiger partial charge in [0.25, 0.3) is 0 Å². The van der Waals surface area contributed by atoms with Crippen molar-refractivity contribution in [2.75, 3.05) is 13.2 Å². The summed E-state index contributed by atoms with van der Waals surface area (Å²) in [5.74, 6) is -0.639. The zero-order valence-corrected chi connectivity index (χ0v) is 22.8. The summed E-state index contributed by atoms with van der Waals surface area (Å²) in [6, 6.07) is 21.8. The molecular formula is C28H39BO4Si. The Hall–Kier alpha value is -1.70. The Morgan fingerprint density at radius 2 is 1.24 bits per heavy atom. The van der Waals surface area contributed by atoms with Gasteiger partial charge in [0.2, 0.25) is 0 Å². The molecule has 6 heteroatoms. The summed E-state index contributed by atoms with van der Waals surface area (Å²) in [7, 11) is -2.80. The normalized spacial score (nSPS) is 26.1. The second-order valence-electron chi connectivity index (χ2n) is 11.3. The molecular weight excluding hydrogens is 439 g/mol. The molecule has 2 saturated heterocycles. The molecule has 0 spiro atoms. The lowest BCUT2D eigenvalue weighted by molar-refractivity contribution is -0.200. The molecule has 0 radical (unpaired) electrons. The molecule has 2 aromatic rings. The van der Waals surface area contributed by atoms with Crippen LogP contribution in [0.1, 0.15) is 41.5 Å². The van der Waals surface area contributed by atoms with E-state index >= 15 is 0 Å². The maximum Gasteiger partial charge on any atom is 0.490 e. The summed E-state index contributed by atoms with van der Waals surface area (Å²) in [4.78, 5) is 0. The van der Waals surface area contributed by atoms with Crippen LogP contribution in [0.15, 0.2) is 72.7 Å². The summed E-state index contributed by atoms with van der Waals surface area (Å²) in [6.07, 6.45) is 0. The number of hydrogen-bond acceptors (Lipinski definition) is 4. The smallest absolute Gasteiger partial charge is 0.400 e. The van der Waals surface area contributed by atoms with Crippen molar-refractivity contribution < 1.29 is 18.8 Å². The standard InChI is InChI=1S/C28H39BO4Si/c1-21(29-32-26(2,3)27(4,5)33-29)24-19-30-28(6,7)31-20-25(24)34(8,22-15-11-9-12-16-22)23-17-13-10-14-18-23/h9-18,24-25H,1,19-20H2,2-8H3/t24-,25-/m0/s1. The fraction of sp³-hybridized carbons (Fsp3) is 0.500. The highest BCUT2D eigenvalue weighted by Crippen LogP contribution is 2.44. The highest BCUT2D eigenvalue weighted by Gasteiger charge is 2.56. The van der Waals surface area contributed by atoms with Crippen molar-refractivity contribution in [1.82, 2.24) is 0 Å². The van der Waals surface area contributed by atoms with Gasteiger partial charge in [0, 0.05) is 5.92 Å². The molecule has 2 fully saturated rings. The van der Waals surface area contributed by atoms with Gasteiger partial charge in [-0.15, -0.1) is 6.58 Å². The third-order valence-corrected chi connectivity index (χ3v) is 13.3. The Labute approximate surface area is 206 Å². The summed E-state index contributed by atoms with van der Waals surface area (Å²) in [5, 5.41) is 2.75. The largest absolute Gasteiger partial charge is 0.490 e. The molecule has 182 valence electrons. The average Bonchev–Trinajstić information content (AvgIpc) is 2.92. The number of rotatable bonds is 5. The molecule has 2 aliphatic heterocycles. The van der Waals surface area contributed by atoms with Gasteiger partial charge in [0.05, 0.1) is 24.4 Å². The molecule has 4 nitrogen and oxygen atoms in total. The van der Waals surface area contributed by atoms with Crippen molar-refractivity contribution in [2.24, 2.45) is 5.92 Å². The Kier molecular flexibility index (Phi) is 6.77. The first-order valence-corrected chi connectivity index (χ1v) is 14.9. The van der Waals surface area contributed by atoms with Crippen LogP contribution in [0, 0.1) is 5.92 Å². The van der Waals surface area contributed by atoms with Gasteiger partial charge in [-0.25, -0.2) is 0 Å². The summed E-state index contributed by atoms with van der Waals surface area (Å²) in [5.41, 5.74) is 0.287. The molecule has 0 aliphatic carbocycles. The summed E-state index contributed by atoms with van der Waals surface area (Å²) >= 11 is 0. The second kappa shape index (κ2) is 9.07. The monoisotopic (exact) mass is 478 g/mol. The fourth-order valence-corrected chi connectivity index (χ4v) is 9.61. The summed E-state index contributed by atoms with van der Waals surface area (Å²) < 4.78 is 25.6. The second-order valence-corrected chi connectivity index (χ2v) is 15.6. The molecule has 0 bridgehead atoms. The van der Waals surface area contributed by atoms with Gasteiger partial charge in [0.15, 0.2) is 5.79 Å². The maximum absolute atomic E-state index is 6.44. The molecule has 0 unspecified atom stereocenters. The van der Waals surface area contributed by atoms with Crippen molar-refractivity contribution in [3.05, 3.63) is 72.7 Å². The van der Waals surface area contributed by atoms with E-state index in [1.54, 1.807) is 0 Å². The van der Waals surface area contributed by atoms with Crippen LogP contribution in [-0.2, 0) is 18.8 Å². The van der Waals surface area contributed by atoms with Crippen molar-refractivity contribution in [3.8, 4) is 0 Å². The van der Waals surface area contributed by atoms with E-state index in [2.05, 4.69) is 101 Å². The lowest BCUT2D eigenvalue weighted by atomic mass is 9.71. The van der Waals surface area contributed by atoms with Gasteiger partial charge >= 0.3 is 7.12 Å². The van der Waals surface area contributed by atoms with Gasteiger partial charge in [-0.05, 0) is 52.6 Å². The lowest BCUT2D eigenvalue weighted by Gasteiger charge is -2.41. The van der Waals surface area contributed by atoms with Gasteiger partial charge in [-0.1, -0.05) is 77.6 Å². The zero-order chi connectivity index (χ0) is 24.8. The first-order chi connectivity index (χ1) is 15.9. The minimum atomic E-state index is -2.32. The molecule has 0 amide bonds. The van der Waals surface area contributed by atoms with Crippen LogP contribution >= 0.6 is 0 Å². The van der Waals surface area contributed by atoms with E-state index in [0.29, 0.717) is 13.2 Å². The minimum absolute atomic E-state index is 0.0218. The van der Waals surface area contributed by atoms with E-state index in [1.165, 1.54) is 10.4 Å². The predicted molar refractivity (Wildman–Crippen MR) is 142 cm³/mol. The third-order valence-electron chi connectivity index (χ3n) is 8.23.